The van der Waals surface area contributed by atoms with Gasteiger partial charge in [-0.3, -0.25) is 0 Å². The summed E-state index contributed by atoms with van der Waals surface area (Å²) in [6, 6.07) is 11.6. The van der Waals surface area contributed by atoms with Crippen LogP contribution in [-0.4, -0.2) is 24.2 Å². The molecule has 106 valence electrons. The minimum atomic E-state index is 0.696. The maximum atomic E-state index is 5.35. The van der Waals surface area contributed by atoms with Crippen molar-refractivity contribution < 1.29 is 9.47 Å². The zero-order valence-corrected chi connectivity index (χ0v) is 12.3. The summed E-state index contributed by atoms with van der Waals surface area (Å²) in [6.45, 7) is 2.01. The SMILES string of the molecule is COc1ccc(-c2ncc3ccc(OC)c(C)c3n2)cc1. The molecule has 1 aromatic heterocycles. The number of methoxy groups -OCH3 is 2. The predicted molar refractivity (Wildman–Crippen MR) is 82.8 cm³/mol. The molecule has 0 aliphatic heterocycles. The Morgan fingerprint density at radius 1 is 0.905 bits per heavy atom. The highest BCUT2D eigenvalue weighted by molar-refractivity contribution is 5.84. The van der Waals surface area contributed by atoms with Crippen molar-refractivity contribution in [1.29, 1.82) is 0 Å². The first kappa shape index (κ1) is 13.4. The van der Waals surface area contributed by atoms with Gasteiger partial charge >= 0.3 is 0 Å². The summed E-state index contributed by atoms with van der Waals surface area (Å²) in [7, 11) is 3.32. The average molecular weight is 280 g/mol. The Morgan fingerprint density at radius 2 is 1.67 bits per heavy atom. The zero-order chi connectivity index (χ0) is 14.8. The van der Waals surface area contributed by atoms with Gasteiger partial charge in [0.1, 0.15) is 11.5 Å². The van der Waals surface area contributed by atoms with Gasteiger partial charge in [-0.25, -0.2) is 9.97 Å². The van der Waals surface area contributed by atoms with Crippen molar-refractivity contribution in [2.24, 2.45) is 0 Å². The Morgan fingerprint density at radius 3 is 2.33 bits per heavy atom. The minimum absolute atomic E-state index is 0.696. The van der Waals surface area contributed by atoms with E-state index in [1.165, 1.54) is 0 Å². The number of hydrogen-bond donors (Lipinski definition) is 0. The van der Waals surface area contributed by atoms with E-state index in [1.54, 1.807) is 14.2 Å². The third kappa shape index (κ3) is 2.40. The van der Waals surface area contributed by atoms with Gasteiger partial charge in [0.25, 0.3) is 0 Å². The molecule has 0 N–H and O–H groups in total. The van der Waals surface area contributed by atoms with Gasteiger partial charge in [0.05, 0.1) is 19.7 Å². The van der Waals surface area contributed by atoms with E-state index in [9.17, 15) is 0 Å². The molecule has 4 heteroatoms. The van der Waals surface area contributed by atoms with Crippen LogP contribution in [0.3, 0.4) is 0 Å². The van der Waals surface area contributed by atoms with Crippen molar-refractivity contribution in [1.82, 2.24) is 9.97 Å². The van der Waals surface area contributed by atoms with Crippen molar-refractivity contribution >= 4 is 10.9 Å². The molecule has 0 unspecified atom stereocenters. The lowest BCUT2D eigenvalue weighted by molar-refractivity contribution is 0.412. The van der Waals surface area contributed by atoms with Crippen molar-refractivity contribution in [2.45, 2.75) is 6.92 Å². The topological polar surface area (TPSA) is 44.2 Å². The lowest BCUT2D eigenvalue weighted by atomic mass is 10.1. The van der Waals surface area contributed by atoms with Gasteiger partial charge in [-0.1, -0.05) is 0 Å². The normalized spacial score (nSPS) is 10.6. The van der Waals surface area contributed by atoms with E-state index < -0.39 is 0 Å². The fourth-order valence-electron chi connectivity index (χ4n) is 2.32. The lowest BCUT2D eigenvalue weighted by Gasteiger charge is -2.09. The fourth-order valence-corrected chi connectivity index (χ4v) is 2.32. The number of aromatic nitrogens is 2. The summed E-state index contributed by atoms with van der Waals surface area (Å²) in [5.41, 5.74) is 2.89. The van der Waals surface area contributed by atoms with Crippen LogP contribution in [0.4, 0.5) is 0 Å². The third-order valence-electron chi connectivity index (χ3n) is 3.52. The molecule has 2 aromatic carbocycles. The van der Waals surface area contributed by atoms with Crippen LogP contribution in [-0.2, 0) is 0 Å². The molecule has 3 aromatic rings. The van der Waals surface area contributed by atoms with Gasteiger partial charge in [0.2, 0.25) is 0 Å². The monoisotopic (exact) mass is 280 g/mol. The molecule has 0 fully saturated rings. The number of nitrogens with zero attached hydrogens (tertiary/aromatic N) is 2. The Balaban J connectivity index is 2.12. The third-order valence-corrected chi connectivity index (χ3v) is 3.52. The fraction of sp³-hybridized carbons (Fsp3) is 0.176. The largest absolute Gasteiger partial charge is 0.497 e. The number of aryl methyl sites for hydroxylation is 1. The van der Waals surface area contributed by atoms with Gasteiger partial charge in [0.15, 0.2) is 5.82 Å². The first-order chi connectivity index (χ1) is 10.2. The van der Waals surface area contributed by atoms with Gasteiger partial charge in [0, 0.05) is 22.7 Å². The molecule has 21 heavy (non-hydrogen) atoms. The van der Waals surface area contributed by atoms with Crippen LogP contribution in [0.2, 0.25) is 0 Å². The van der Waals surface area contributed by atoms with Gasteiger partial charge in [-0.2, -0.15) is 0 Å². The first-order valence-corrected chi connectivity index (χ1v) is 6.67. The number of rotatable bonds is 3. The molecule has 0 aliphatic carbocycles. The smallest absolute Gasteiger partial charge is 0.159 e. The first-order valence-electron chi connectivity index (χ1n) is 6.67. The van der Waals surface area contributed by atoms with E-state index >= 15 is 0 Å². The van der Waals surface area contributed by atoms with Gasteiger partial charge in [-0.15, -0.1) is 0 Å². The van der Waals surface area contributed by atoms with E-state index in [-0.39, 0.29) is 0 Å². The summed E-state index contributed by atoms with van der Waals surface area (Å²) >= 11 is 0. The highest BCUT2D eigenvalue weighted by Gasteiger charge is 2.08. The molecule has 4 nitrogen and oxygen atoms in total. The van der Waals surface area contributed by atoms with E-state index in [1.807, 2.05) is 49.5 Å². The molecular formula is C17H16N2O2. The maximum Gasteiger partial charge on any atom is 0.159 e. The Labute approximate surface area is 123 Å². The standard InChI is InChI=1S/C17H16N2O2/c1-11-15(21-3)9-6-13-10-18-17(19-16(11)13)12-4-7-14(20-2)8-5-12/h4-10H,1-3H3. The number of ether oxygens (including phenoxy) is 2. The zero-order valence-electron chi connectivity index (χ0n) is 12.3. The summed E-state index contributed by atoms with van der Waals surface area (Å²) in [4.78, 5) is 9.11. The lowest BCUT2D eigenvalue weighted by Crippen LogP contribution is -1.94. The molecule has 1 heterocycles. The quantitative estimate of drug-likeness (QED) is 0.735. The van der Waals surface area contributed by atoms with Crippen LogP contribution < -0.4 is 9.47 Å². The molecule has 0 spiro atoms. The summed E-state index contributed by atoms with van der Waals surface area (Å²) in [5, 5.41) is 1.01. The van der Waals surface area contributed by atoms with Crippen LogP contribution in [0.5, 0.6) is 11.5 Å². The molecule has 0 radical (unpaired) electrons. The summed E-state index contributed by atoms with van der Waals surface area (Å²) < 4.78 is 10.5. The van der Waals surface area contributed by atoms with Crippen LogP contribution in [0.15, 0.2) is 42.6 Å². The van der Waals surface area contributed by atoms with Crippen LogP contribution in [0, 0.1) is 6.92 Å². The molecule has 0 saturated heterocycles. The van der Waals surface area contributed by atoms with Crippen molar-refractivity contribution in [3.63, 3.8) is 0 Å². The van der Waals surface area contributed by atoms with E-state index in [2.05, 4.69) is 9.97 Å². The Kier molecular flexibility index (Phi) is 3.44. The maximum absolute atomic E-state index is 5.35. The van der Waals surface area contributed by atoms with E-state index in [4.69, 9.17) is 9.47 Å². The molecule has 3 rings (SSSR count). The number of benzene rings is 2. The Bertz CT molecular complexity index is 783. The molecular weight excluding hydrogens is 264 g/mol. The minimum Gasteiger partial charge on any atom is -0.497 e. The number of fused-ring (bicyclic) bond motifs is 1. The van der Waals surface area contributed by atoms with Crippen LogP contribution in [0.25, 0.3) is 22.3 Å². The summed E-state index contributed by atoms with van der Waals surface area (Å²) in [6.07, 6.45) is 1.84. The number of hydrogen-bond acceptors (Lipinski definition) is 4. The summed E-state index contributed by atoms with van der Waals surface area (Å²) in [5.74, 6) is 2.35. The predicted octanol–water partition coefficient (Wildman–Crippen LogP) is 3.62. The molecule has 0 bridgehead atoms. The van der Waals surface area contributed by atoms with E-state index in [0.29, 0.717) is 5.82 Å². The second kappa shape index (κ2) is 5.40. The molecule has 0 aliphatic rings. The second-order valence-electron chi connectivity index (χ2n) is 4.75. The van der Waals surface area contributed by atoms with Crippen LogP contribution >= 0.6 is 0 Å². The van der Waals surface area contributed by atoms with Crippen LogP contribution in [0.1, 0.15) is 5.56 Å². The van der Waals surface area contributed by atoms with Crippen molar-refractivity contribution in [3.05, 3.63) is 48.2 Å². The average Bonchev–Trinajstić information content (AvgIpc) is 2.55. The highest BCUT2D eigenvalue weighted by atomic mass is 16.5. The molecule has 0 amide bonds. The van der Waals surface area contributed by atoms with Crippen molar-refractivity contribution in [2.75, 3.05) is 14.2 Å². The molecule has 0 atom stereocenters. The van der Waals surface area contributed by atoms with E-state index in [0.717, 1.165) is 33.5 Å². The second-order valence-corrected chi connectivity index (χ2v) is 4.75. The molecule has 0 saturated carbocycles. The van der Waals surface area contributed by atoms with Gasteiger partial charge in [-0.05, 0) is 43.3 Å². The van der Waals surface area contributed by atoms with Gasteiger partial charge < -0.3 is 9.47 Å². The highest BCUT2D eigenvalue weighted by Crippen LogP contribution is 2.27. The Hall–Kier alpha value is -2.62. The van der Waals surface area contributed by atoms with Crippen molar-refractivity contribution in [3.8, 4) is 22.9 Å².